The van der Waals surface area contributed by atoms with Gasteiger partial charge in [-0.05, 0) is 25.0 Å². The molecule has 1 fully saturated rings. The number of likely N-dealkylation sites (tertiary alicyclic amines) is 1. The SMILES string of the molecule is Cc1cccc2oc(C(=O)NCCN3CC[C@@H](F)C3)cc(=O)c12. The molecule has 5 nitrogen and oxygen atoms in total. The largest absolute Gasteiger partial charge is 0.451 e. The van der Waals surface area contributed by atoms with Crippen molar-refractivity contribution < 1.29 is 13.6 Å². The van der Waals surface area contributed by atoms with Crippen LogP contribution in [0, 0.1) is 6.92 Å². The lowest BCUT2D eigenvalue weighted by molar-refractivity contribution is 0.0922. The number of benzene rings is 1. The molecule has 0 saturated carbocycles. The molecule has 6 heteroatoms. The number of amides is 1. The summed E-state index contributed by atoms with van der Waals surface area (Å²) in [6.07, 6.45) is -0.222. The zero-order valence-corrected chi connectivity index (χ0v) is 13.0. The molecule has 0 spiro atoms. The number of aryl methyl sites for hydroxylation is 1. The first-order valence-corrected chi connectivity index (χ1v) is 7.72. The smallest absolute Gasteiger partial charge is 0.287 e. The second kappa shape index (κ2) is 6.50. The van der Waals surface area contributed by atoms with Crippen LogP contribution in [0.25, 0.3) is 11.0 Å². The van der Waals surface area contributed by atoms with Gasteiger partial charge >= 0.3 is 0 Å². The normalized spacial score (nSPS) is 18.4. The lowest BCUT2D eigenvalue weighted by Crippen LogP contribution is -2.34. The van der Waals surface area contributed by atoms with E-state index in [-0.39, 0.29) is 11.2 Å². The van der Waals surface area contributed by atoms with E-state index < -0.39 is 12.1 Å². The summed E-state index contributed by atoms with van der Waals surface area (Å²) in [5.74, 6) is -0.431. The molecule has 1 aromatic heterocycles. The van der Waals surface area contributed by atoms with Crippen molar-refractivity contribution in [1.29, 1.82) is 0 Å². The molecular weight excluding hydrogens is 299 g/mol. The number of nitrogens with zero attached hydrogens (tertiary/aromatic N) is 1. The van der Waals surface area contributed by atoms with Crippen molar-refractivity contribution in [2.45, 2.75) is 19.5 Å². The monoisotopic (exact) mass is 318 g/mol. The molecule has 2 heterocycles. The van der Waals surface area contributed by atoms with E-state index in [9.17, 15) is 14.0 Å². The first-order valence-electron chi connectivity index (χ1n) is 7.72. The van der Waals surface area contributed by atoms with E-state index in [0.717, 1.165) is 5.56 Å². The van der Waals surface area contributed by atoms with Crippen molar-refractivity contribution in [3.8, 4) is 0 Å². The summed E-state index contributed by atoms with van der Waals surface area (Å²) in [6.45, 7) is 3.93. The molecule has 1 aromatic carbocycles. The fraction of sp³-hybridized carbons (Fsp3) is 0.412. The molecule has 122 valence electrons. The van der Waals surface area contributed by atoms with E-state index in [4.69, 9.17) is 4.42 Å². The van der Waals surface area contributed by atoms with Gasteiger partial charge in [0.15, 0.2) is 11.2 Å². The number of nitrogens with one attached hydrogen (secondary N) is 1. The summed E-state index contributed by atoms with van der Waals surface area (Å²) in [6, 6.07) is 6.50. The number of carbonyl (C=O) groups excluding carboxylic acids is 1. The maximum Gasteiger partial charge on any atom is 0.287 e. The van der Waals surface area contributed by atoms with Crippen molar-refractivity contribution in [1.82, 2.24) is 10.2 Å². The zero-order chi connectivity index (χ0) is 16.4. The van der Waals surface area contributed by atoms with Crippen molar-refractivity contribution in [3.63, 3.8) is 0 Å². The van der Waals surface area contributed by atoms with Crippen LogP contribution in [0.1, 0.15) is 22.5 Å². The molecule has 0 radical (unpaired) electrons. The third-order valence-corrected chi connectivity index (χ3v) is 4.12. The van der Waals surface area contributed by atoms with Gasteiger partial charge in [0.1, 0.15) is 11.8 Å². The van der Waals surface area contributed by atoms with Crippen molar-refractivity contribution in [3.05, 3.63) is 45.8 Å². The highest BCUT2D eigenvalue weighted by atomic mass is 19.1. The summed E-state index contributed by atoms with van der Waals surface area (Å²) < 4.78 is 18.6. The van der Waals surface area contributed by atoms with Gasteiger partial charge < -0.3 is 9.73 Å². The van der Waals surface area contributed by atoms with Gasteiger partial charge in [-0.25, -0.2) is 4.39 Å². The van der Waals surface area contributed by atoms with Crippen LogP contribution in [-0.4, -0.2) is 43.2 Å². The minimum atomic E-state index is -0.771. The molecule has 1 atom stereocenters. The molecule has 1 aliphatic heterocycles. The lowest BCUT2D eigenvalue weighted by atomic mass is 10.1. The van der Waals surface area contributed by atoms with E-state index in [1.165, 1.54) is 6.07 Å². The summed E-state index contributed by atoms with van der Waals surface area (Å²) in [4.78, 5) is 26.2. The Kier molecular flexibility index (Phi) is 4.43. The highest BCUT2D eigenvalue weighted by molar-refractivity contribution is 5.93. The van der Waals surface area contributed by atoms with Crippen molar-refractivity contribution in [2.75, 3.05) is 26.2 Å². The van der Waals surface area contributed by atoms with Crippen LogP contribution in [0.15, 0.2) is 33.5 Å². The Morgan fingerprint density at radius 2 is 2.30 bits per heavy atom. The third-order valence-electron chi connectivity index (χ3n) is 4.12. The van der Waals surface area contributed by atoms with E-state index in [0.29, 0.717) is 43.6 Å². The average molecular weight is 318 g/mol. The van der Waals surface area contributed by atoms with Gasteiger partial charge in [0, 0.05) is 32.2 Å². The lowest BCUT2D eigenvalue weighted by Gasteiger charge is -2.14. The molecule has 1 aliphatic rings. The van der Waals surface area contributed by atoms with Gasteiger partial charge in [0.25, 0.3) is 5.91 Å². The Morgan fingerprint density at radius 3 is 3.04 bits per heavy atom. The quantitative estimate of drug-likeness (QED) is 0.935. The number of hydrogen-bond acceptors (Lipinski definition) is 4. The van der Waals surface area contributed by atoms with Crippen LogP contribution in [-0.2, 0) is 0 Å². The summed E-state index contributed by atoms with van der Waals surface area (Å²) in [5.41, 5.74) is 0.995. The Balaban J connectivity index is 1.68. The van der Waals surface area contributed by atoms with Gasteiger partial charge in [-0.2, -0.15) is 0 Å². The van der Waals surface area contributed by atoms with Gasteiger partial charge in [0.05, 0.1) is 5.39 Å². The molecule has 0 aliphatic carbocycles. The number of carbonyl (C=O) groups is 1. The van der Waals surface area contributed by atoms with Crippen molar-refractivity contribution in [2.24, 2.45) is 0 Å². The highest BCUT2D eigenvalue weighted by Crippen LogP contribution is 2.16. The summed E-state index contributed by atoms with van der Waals surface area (Å²) in [7, 11) is 0. The predicted octanol–water partition coefficient (Wildman–Crippen LogP) is 1.88. The minimum absolute atomic E-state index is 0.00195. The number of alkyl halides is 1. The maximum absolute atomic E-state index is 13.1. The van der Waals surface area contributed by atoms with Crippen LogP contribution >= 0.6 is 0 Å². The van der Waals surface area contributed by atoms with Crippen molar-refractivity contribution >= 4 is 16.9 Å². The Morgan fingerprint density at radius 1 is 1.48 bits per heavy atom. The van der Waals surface area contributed by atoms with Gasteiger partial charge in [-0.1, -0.05) is 12.1 Å². The first kappa shape index (κ1) is 15.7. The second-order valence-electron chi connectivity index (χ2n) is 5.87. The standard InChI is InChI=1S/C17H19FN2O3/c1-11-3-2-4-14-16(11)13(21)9-15(23-14)17(22)19-6-8-20-7-5-12(18)10-20/h2-4,9,12H,5-8,10H2,1H3,(H,19,22)/t12-/m1/s1. The molecule has 3 rings (SSSR count). The second-order valence-corrected chi connectivity index (χ2v) is 5.87. The number of hydrogen-bond donors (Lipinski definition) is 1. The van der Waals surface area contributed by atoms with Gasteiger partial charge in [-0.15, -0.1) is 0 Å². The van der Waals surface area contributed by atoms with Crippen LogP contribution in [0.3, 0.4) is 0 Å². The predicted molar refractivity (Wildman–Crippen MR) is 85.5 cm³/mol. The van der Waals surface area contributed by atoms with E-state index >= 15 is 0 Å². The third kappa shape index (κ3) is 3.42. The first-order chi connectivity index (χ1) is 11.0. The average Bonchev–Trinajstić information content (AvgIpc) is 2.92. The molecule has 0 unspecified atom stereocenters. The van der Waals surface area contributed by atoms with Crippen LogP contribution in [0.2, 0.25) is 0 Å². The van der Waals surface area contributed by atoms with Crippen LogP contribution in [0.4, 0.5) is 4.39 Å². The van der Waals surface area contributed by atoms with E-state index in [1.54, 1.807) is 12.1 Å². The summed E-state index contributed by atoms with van der Waals surface area (Å²) in [5, 5.41) is 3.21. The molecule has 1 N–H and O–H groups in total. The zero-order valence-electron chi connectivity index (χ0n) is 13.0. The Bertz CT molecular complexity index is 787. The van der Waals surface area contributed by atoms with Gasteiger partial charge in [0.2, 0.25) is 0 Å². The Hall–Kier alpha value is -2.21. The Labute approximate surface area is 133 Å². The van der Waals surface area contributed by atoms with Gasteiger partial charge in [-0.3, -0.25) is 14.5 Å². The fourth-order valence-electron chi connectivity index (χ4n) is 2.90. The van der Waals surface area contributed by atoms with E-state index in [2.05, 4.69) is 5.32 Å². The van der Waals surface area contributed by atoms with Crippen LogP contribution in [0.5, 0.6) is 0 Å². The topological polar surface area (TPSA) is 62.6 Å². The molecule has 23 heavy (non-hydrogen) atoms. The number of rotatable bonds is 4. The number of fused-ring (bicyclic) bond motifs is 1. The molecule has 2 aromatic rings. The summed E-state index contributed by atoms with van der Waals surface area (Å²) >= 11 is 0. The molecular formula is C17H19FN2O3. The van der Waals surface area contributed by atoms with E-state index in [1.807, 2.05) is 17.9 Å². The number of halogens is 1. The minimum Gasteiger partial charge on any atom is -0.451 e. The molecule has 1 amide bonds. The highest BCUT2D eigenvalue weighted by Gasteiger charge is 2.21. The fourth-order valence-corrected chi connectivity index (χ4v) is 2.90. The maximum atomic E-state index is 13.1. The molecule has 1 saturated heterocycles. The van der Waals surface area contributed by atoms with Crippen LogP contribution < -0.4 is 10.7 Å². The molecule has 0 bridgehead atoms.